The second-order valence-corrected chi connectivity index (χ2v) is 11.8. The van der Waals surface area contributed by atoms with E-state index in [0.29, 0.717) is 30.1 Å². The summed E-state index contributed by atoms with van der Waals surface area (Å²) in [5, 5.41) is 17.2. The van der Waals surface area contributed by atoms with E-state index in [2.05, 4.69) is 69.7 Å². The Morgan fingerprint density at radius 3 is 2.69 bits per heavy atom. The van der Waals surface area contributed by atoms with Crippen molar-refractivity contribution in [3.63, 3.8) is 0 Å². The van der Waals surface area contributed by atoms with E-state index < -0.39 is 0 Å². The van der Waals surface area contributed by atoms with Crippen LogP contribution < -0.4 is 26.5 Å². The van der Waals surface area contributed by atoms with Gasteiger partial charge >= 0.3 is 0 Å². The predicted octanol–water partition coefficient (Wildman–Crippen LogP) is 4.27. The quantitative estimate of drug-likeness (QED) is 0.278. The first-order valence-electron chi connectivity index (χ1n) is 14.8. The third-order valence-corrected chi connectivity index (χ3v) is 8.16. The minimum Gasteiger partial charge on any atom is -0.366 e. The van der Waals surface area contributed by atoms with E-state index in [0.717, 1.165) is 47.0 Å². The molecule has 1 aromatic carbocycles. The fourth-order valence-corrected chi connectivity index (χ4v) is 5.63. The maximum atomic E-state index is 5.17. The van der Waals surface area contributed by atoms with Gasteiger partial charge in [0.2, 0.25) is 5.95 Å². The standard InChI is InChI=1S/C33H39N9/c1-5-25(23-12-13-23)29-26(6-2)37-30(40-31(29)38-27-15-16-34-20-33(27,3)4)24-14-17-35-28(18-24)39-32-36-21-42(41-32)19-22-10-8-7-9-11-22/h5-11,14,17-18,21,23,27,34H,1,12-13,15-16,19-20H2,2-4H3,(H,35,39,41)(H,37,38,40)/b26-6+,29-25-. The Balaban J connectivity index is 1.34. The number of hydrogen-bond donors (Lipinski definition) is 3. The second kappa shape index (κ2) is 11.9. The third-order valence-electron chi connectivity index (χ3n) is 8.16. The Morgan fingerprint density at radius 2 is 1.95 bits per heavy atom. The maximum Gasteiger partial charge on any atom is 0.247 e. The van der Waals surface area contributed by atoms with E-state index in [1.165, 1.54) is 18.4 Å². The SMILES string of the molecule is C=C/C(=c1/c(NC2CCNCC2(C)C)nc(-c2ccnc(Nc3ncn(Cc4ccccc4)n3)c2)n/c1=C/C)C1CC1. The zero-order chi connectivity index (χ0) is 29.1. The summed E-state index contributed by atoms with van der Waals surface area (Å²) in [6, 6.07) is 14.4. The smallest absolute Gasteiger partial charge is 0.247 e. The van der Waals surface area contributed by atoms with Crippen LogP contribution in [0.4, 0.5) is 17.6 Å². The highest BCUT2D eigenvalue weighted by Gasteiger charge is 2.33. The molecular weight excluding hydrogens is 522 g/mol. The van der Waals surface area contributed by atoms with Crippen molar-refractivity contribution in [2.45, 2.75) is 52.6 Å². The minimum absolute atomic E-state index is 0.0787. The number of pyridine rings is 1. The van der Waals surface area contributed by atoms with Crippen LogP contribution in [0, 0.1) is 11.3 Å². The molecule has 6 rings (SSSR count). The molecule has 2 aliphatic rings. The highest BCUT2D eigenvalue weighted by atomic mass is 15.4. The zero-order valence-corrected chi connectivity index (χ0v) is 24.6. The molecule has 0 bridgehead atoms. The highest BCUT2D eigenvalue weighted by Crippen LogP contribution is 2.37. The van der Waals surface area contributed by atoms with Gasteiger partial charge in [-0.2, -0.15) is 0 Å². The number of allylic oxidation sites excluding steroid dienone is 1. The van der Waals surface area contributed by atoms with Crippen LogP contribution in [-0.4, -0.2) is 48.8 Å². The van der Waals surface area contributed by atoms with Crippen molar-refractivity contribution in [3.05, 3.63) is 83.8 Å². The van der Waals surface area contributed by atoms with Crippen molar-refractivity contribution in [3.8, 4) is 11.4 Å². The van der Waals surface area contributed by atoms with Gasteiger partial charge < -0.3 is 16.0 Å². The van der Waals surface area contributed by atoms with E-state index >= 15 is 0 Å². The van der Waals surface area contributed by atoms with Crippen LogP contribution >= 0.6 is 0 Å². The zero-order valence-electron chi connectivity index (χ0n) is 24.6. The largest absolute Gasteiger partial charge is 0.366 e. The van der Waals surface area contributed by atoms with E-state index in [9.17, 15) is 0 Å². The minimum atomic E-state index is 0.0787. The fourth-order valence-electron chi connectivity index (χ4n) is 5.63. The van der Waals surface area contributed by atoms with Crippen molar-refractivity contribution in [1.29, 1.82) is 0 Å². The molecule has 4 aromatic rings. The van der Waals surface area contributed by atoms with Crippen molar-refractivity contribution in [2.75, 3.05) is 23.7 Å². The molecule has 3 aromatic heterocycles. The van der Waals surface area contributed by atoms with Crippen molar-refractivity contribution in [1.82, 2.24) is 35.0 Å². The van der Waals surface area contributed by atoms with Gasteiger partial charge in [-0.1, -0.05) is 62.9 Å². The molecule has 216 valence electrons. The van der Waals surface area contributed by atoms with E-state index in [4.69, 9.17) is 9.97 Å². The Morgan fingerprint density at radius 1 is 1.12 bits per heavy atom. The summed E-state index contributed by atoms with van der Waals surface area (Å²) in [5.41, 5.74) is 3.34. The van der Waals surface area contributed by atoms with Gasteiger partial charge in [-0.3, -0.25) is 0 Å². The number of piperidine rings is 1. The van der Waals surface area contributed by atoms with Gasteiger partial charge in [-0.15, -0.1) is 5.10 Å². The lowest BCUT2D eigenvalue weighted by atomic mass is 9.80. The van der Waals surface area contributed by atoms with Gasteiger partial charge in [-0.05, 0) is 67.3 Å². The number of nitrogens with one attached hydrogen (secondary N) is 3. The first kappa shape index (κ1) is 27.8. The predicted molar refractivity (Wildman–Crippen MR) is 169 cm³/mol. The van der Waals surface area contributed by atoms with E-state index in [-0.39, 0.29) is 11.5 Å². The molecule has 2 fully saturated rings. The molecule has 4 heterocycles. The Hall–Kier alpha value is -4.37. The normalized spacial score (nSPS) is 19.3. The number of rotatable bonds is 9. The molecule has 0 radical (unpaired) electrons. The molecule has 1 unspecified atom stereocenters. The van der Waals surface area contributed by atoms with Gasteiger partial charge in [0.1, 0.15) is 18.0 Å². The lowest BCUT2D eigenvalue weighted by Crippen LogP contribution is -2.51. The first-order valence-corrected chi connectivity index (χ1v) is 14.8. The van der Waals surface area contributed by atoms with Gasteiger partial charge in [0, 0.05) is 29.6 Å². The molecule has 1 aliphatic heterocycles. The van der Waals surface area contributed by atoms with Crippen LogP contribution in [0.2, 0.25) is 0 Å². The molecule has 1 saturated carbocycles. The van der Waals surface area contributed by atoms with Gasteiger partial charge in [0.15, 0.2) is 5.82 Å². The summed E-state index contributed by atoms with van der Waals surface area (Å²) in [5.74, 6) is 3.16. The molecule has 1 atom stereocenters. The monoisotopic (exact) mass is 561 g/mol. The van der Waals surface area contributed by atoms with Gasteiger partial charge in [0.25, 0.3) is 0 Å². The lowest BCUT2D eigenvalue weighted by Gasteiger charge is -2.39. The lowest BCUT2D eigenvalue weighted by molar-refractivity contribution is 0.236. The average molecular weight is 562 g/mol. The van der Waals surface area contributed by atoms with Crippen LogP contribution in [0.5, 0.6) is 0 Å². The summed E-state index contributed by atoms with van der Waals surface area (Å²) in [7, 11) is 0. The number of benzene rings is 1. The summed E-state index contributed by atoms with van der Waals surface area (Å²) >= 11 is 0. The van der Waals surface area contributed by atoms with Crippen molar-refractivity contribution in [2.24, 2.45) is 11.3 Å². The summed E-state index contributed by atoms with van der Waals surface area (Å²) in [4.78, 5) is 19.2. The van der Waals surface area contributed by atoms with E-state index in [1.807, 2.05) is 43.3 Å². The Labute approximate surface area is 246 Å². The summed E-state index contributed by atoms with van der Waals surface area (Å²) in [6.45, 7) is 13.4. The van der Waals surface area contributed by atoms with Crippen molar-refractivity contribution < 1.29 is 0 Å². The van der Waals surface area contributed by atoms with Crippen molar-refractivity contribution >= 4 is 29.2 Å². The molecule has 0 spiro atoms. The Kier molecular flexibility index (Phi) is 7.84. The average Bonchev–Trinajstić information content (AvgIpc) is 3.75. The fraction of sp³-hybridized carbons (Fsp3) is 0.364. The van der Waals surface area contributed by atoms with Gasteiger partial charge in [-0.25, -0.2) is 24.6 Å². The molecule has 0 amide bonds. The number of anilines is 3. The molecule has 9 nitrogen and oxygen atoms in total. The van der Waals surface area contributed by atoms with Crippen LogP contribution in [0.15, 0.2) is 67.6 Å². The van der Waals surface area contributed by atoms with Gasteiger partial charge in [0.05, 0.1) is 11.9 Å². The molecule has 42 heavy (non-hydrogen) atoms. The first-order chi connectivity index (χ1) is 20.4. The van der Waals surface area contributed by atoms with Crippen LogP contribution in [-0.2, 0) is 6.54 Å². The highest BCUT2D eigenvalue weighted by molar-refractivity contribution is 5.68. The molecule has 3 N–H and O–H groups in total. The number of aromatic nitrogens is 6. The summed E-state index contributed by atoms with van der Waals surface area (Å²) in [6.07, 6.45) is 10.9. The molecular formula is C33H39N9. The summed E-state index contributed by atoms with van der Waals surface area (Å²) < 4.78 is 1.81. The van der Waals surface area contributed by atoms with Crippen LogP contribution in [0.1, 0.15) is 45.6 Å². The molecule has 9 heteroatoms. The van der Waals surface area contributed by atoms with Crippen LogP contribution in [0.3, 0.4) is 0 Å². The number of hydrogen-bond acceptors (Lipinski definition) is 8. The van der Waals surface area contributed by atoms with E-state index in [1.54, 1.807) is 17.2 Å². The van der Waals surface area contributed by atoms with Crippen LogP contribution in [0.25, 0.3) is 23.0 Å². The Bertz CT molecular complexity index is 1690. The molecule has 1 saturated heterocycles. The maximum absolute atomic E-state index is 5.17. The molecule has 1 aliphatic carbocycles. The number of nitrogens with zero attached hydrogens (tertiary/aromatic N) is 6. The topological polar surface area (TPSA) is 105 Å². The third kappa shape index (κ3) is 6.11. The second-order valence-electron chi connectivity index (χ2n) is 11.8.